The maximum absolute atomic E-state index is 12.5. The number of fused-ring (bicyclic) bond motifs is 2. The standard InChI is InChI=1S/C17H12N4O2/c18-16(19)9-5-6-13-10(7-9)8-14(23-13)15(22)17-20-11-3-1-2-4-12(11)21-17/h1-8H,(H3,18,19)(H,20,21). The fraction of sp³-hybridized carbons (Fsp3) is 0. The summed E-state index contributed by atoms with van der Waals surface area (Å²) < 4.78 is 5.59. The first kappa shape index (κ1) is 13.3. The summed E-state index contributed by atoms with van der Waals surface area (Å²) >= 11 is 0. The molecular weight excluding hydrogens is 292 g/mol. The summed E-state index contributed by atoms with van der Waals surface area (Å²) in [5.41, 5.74) is 8.15. The Morgan fingerprint density at radius 2 is 2.00 bits per heavy atom. The fourth-order valence-electron chi connectivity index (χ4n) is 2.50. The molecule has 0 saturated heterocycles. The molecule has 0 aliphatic carbocycles. The third kappa shape index (κ3) is 2.17. The number of hydrogen-bond donors (Lipinski definition) is 3. The molecule has 6 nitrogen and oxygen atoms in total. The molecule has 112 valence electrons. The number of imidazole rings is 1. The molecule has 2 heterocycles. The number of benzene rings is 2. The van der Waals surface area contributed by atoms with Gasteiger partial charge >= 0.3 is 0 Å². The second kappa shape index (κ2) is 4.81. The van der Waals surface area contributed by atoms with Crippen molar-refractivity contribution in [1.29, 1.82) is 5.41 Å². The quantitative estimate of drug-likeness (QED) is 0.307. The first-order valence-corrected chi connectivity index (χ1v) is 6.99. The second-order valence-electron chi connectivity index (χ2n) is 5.21. The molecule has 4 aromatic rings. The van der Waals surface area contributed by atoms with Gasteiger partial charge in [0.15, 0.2) is 11.6 Å². The highest BCUT2D eigenvalue weighted by Crippen LogP contribution is 2.23. The molecule has 0 amide bonds. The first-order valence-electron chi connectivity index (χ1n) is 6.99. The van der Waals surface area contributed by atoms with E-state index in [2.05, 4.69) is 9.97 Å². The zero-order valence-electron chi connectivity index (χ0n) is 12.0. The number of para-hydroxylation sites is 2. The molecule has 0 aliphatic rings. The Morgan fingerprint density at radius 1 is 1.17 bits per heavy atom. The van der Waals surface area contributed by atoms with Crippen molar-refractivity contribution in [2.45, 2.75) is 0 Å². The van der Waals surface area contributed by atoms with Gasteiger partial charge in [0.1, 0.15) is 11.4 Å². The Balaban J connectivity index is 1.78. The number of carbonyl (C=O) groups is 1. The summed E-state index contributed by atoms with van der Waals surface area (Å²) in [5.74, 6) is 0.0804. The average molecular weight is 304 g/mol. The summed E-state index contributed by atoms with van der Waals surface area (Å²) in [5, 5.41) is 8.18. The lowest BCUT2D eigenvalue weighted by Crippen LogP contribution is -2.10. The maximum atomic E-state index is 12.5. The summed E-state index contributed by atoms with van der Waals surface area (Å²) in [4.78, 5) is 19.8. The molecule has 0 bridgehead atoms. The van der Waals surface area contributed by atoms with Crippen LogP contribution in [0.3, 0.4) is 0 Å². The Hall–Kier alpha value is -3.41. The van der Waals surface area contributed by atoms with Crippen molar-refractivity contribution >= 4 is 33.6 Å². The predicted molar refractivity (Wildman–Crippen MR) is 86.8 cm³/mol. The number of amidine groups is 1. The van der Waals surface area contributed by atoms with Gasteiger partial charge < -0.3 is 15.1 Å². The van der Waals surface area contributed by atoms with Crippen LogP contribution in [0.4, 0.5) is 0 Å². The molecule has 6 heteroatoms. The van der Waals surface area contributed by atoms with E-state index >= 15 is 0 Å². The van der Waals surface area contributed by atoms with Gasteiger partial charge in [-0.1, -0.05) is 12.1 Å². The number of nitrogens with zero attached hydrogens (tertiary/aromatic N) is 1. The van der Waals surface area contributed by atoms with E-state index < -0.39 is 0 Å². The largest absolute Gasteiger partial charge is 0.452 e. The van der Waals surface area contributed by atoms with Crippen LogP contribution in [0.25, 0.3) is 22.0 Å². The van der Waals surface area contributed by atoms with E-state index in [4.69, 9.17) is 15.6 Å². The topological polar surface area (TPSA) is 109 Å². The normalized spacial score (nSPS) is 11.1. The summed E-state index contributed by atoms with van der Waals surface area (Å²) in [7, 11) is 0. The van der Waals surface area contributed by atoms with Gasteiger partial charge in [0.2, 0.25) is 0 Å². The Bertz CT molecular complexity index is 1040. The average Bonchev–Trinajstić information content (AvgIpc) is 3.16. The highest BCUT2D eigenvalue weighted by atomic mass is 16.3. The third-order valence-electron chi connectivity index (χ3n) is 3.66. The van der Waals surface area contributed by atoms with Crippen LogP contribution in [0.5, 0.6) is 0 Å². The summed E-state index contributed by atoms with van der Waals surface area (Å²) in [6.45, 7) is 0. The number of carbonyl (C=O) groups excluding carboxylic acids is 1. The molecule has 0 fully saturated rings. The molecule has 0 unspecified atom stereocenters. The Labute approximate surface area is 130 Å². The van der Waals surface area contributed by atoms with Crippen LogP contribution in [0, 0.1) is 5.41 Å². The molecule has 0 saturated carbocycles. The lowest BCUT2D eigenvalue weighted by atomic mass is 10.1. The lowest BCUT2D eigenvalue weighted by molar-refractivity contribution is 0.100. The number of aromatic amines is 1. The Kier molecular flexibility index (Phi) is 2.77. The van der Waals surface area contributed by atoms with Crippen molar-refractivity contribution in [3.8, 4) is 0 Å². The fourth-order valence-corrected chi connectivity index (χ4v) is 2.50. The van der Waals surface area contributed by atoms with Crippen LogP contribution in [0.2, 0.25) is 0 Å². The van der Waals surface area contributed by atoms with Gasteiger partial charge in [0, 0.05) is 10.9 Å². The number of furan rings is 1. The first-order chi connectivity index (χ1) is 11.1. The highest BCUT2D eigenvalue weighted by molar-refractivity contribution is 6.08. The Morgan fingerprint density at radius 3 is 2.78 bits per heavy atom. The van der Waals surface area contributed by atoms with Crippen molar-refractivity contribution in [1.82, 2.24) is 9.97 Å². The summed E-state index contributed by atoms with van der Waals surface area (Å²) in [6, 6.07) is 14.2. The molecule has 2 aromatic heterocycles. The van der Waals surface area contributed by atoms with Crippen molar-refractivity contribution in [3.05, 3.63) is 65.7 Å². The van der Waals surface area contributed by atoms with Crippen molar-refractivity contribution in [2.24, 2.45) is 5.73 Å². The zero-order valence-corrected chi connectivity index (χ0v) is 12.0. The van der Waals surface area contributed by atoms with Gasteiger partial charge in [-0.25, -0.2) is 4.98 Å². The van der Waals surface area contributed by atoms with Gasteiger partial charge in [-0.2, -0.15) is 0 Å². The van der Waals surface area contributed by atoms with Crippen LogP contribution >= 0.6 is 0 Å². The van der Waals surface area contributed by atoms with Crippen molar-refractivity contribution < 1.29 is 9.21 Å². The van der Waals surface area contributed by atoms with E-state index in [9.17, 15) is 4.79 Å². The third-order valence-corrected chi connectivity index (χ3v) is 3.66. The number of ketones is 1. The molecule has 0 atom stereocenters. The molecule has 23 heavy (non-hydrogen) atoms. The number of rotatable bonds is 3. The van der Waals surface area contributed by atoms with Crippen LogP contribution in [0.15, 0.2) is 52.9 Å². The highest BCUT2D eigenvalue weighted by Gasteiger charge is 2.18. The van der Waals surface area contributed by atoms with Crippen LogP contribution in [0.1, 0.15) is 21.9 Å². The van der Waals surface area contributed by atoms with Gasteiger partial charge in [0.05, 0.1) is 11.0 Å². The molecule has 2 aromatic carbocycles. The maximum Gasteiger partial charge on any atom is 0.263 e. The van der Waals surface area contributed by atoms with E-state index in [-0.39, 0.29) is 23.2 Å². The molecule has 4 rings (SSSR count). The van der Waals surface area contributed by atoms with E-state index in [1.54, 1.807) is 24.3 Å². The number of H-pyrrole nitrogens is 1. The van der Waals surface area contributed by atoms with Gasteiger partial charge in [-0.05, 0) is 36.4 Å². The SMILES string of the molecule is N=C(N)c1ccc2oc(C(=O)c3nc4ccccc4[nH]3)cc2c1. The smallest absolute Gasteiger partial charge is 0.263 e. The van der Waals surface area contributed by atoms with Crippen molar-refractivity contribution in [2.75, 3.05) is 0 Å². The lowest BCUT2D eigenvalue weighted by Gasteiger charge is -1.95. The molecule has 4 N–H and O–H groups in total. The zero-order chi connectivity index (χ0) is 16.0. The number of aromatic nitrogens is 2. The van der Waals surface area contributed by atoms with E-state index in [1.807, 2.05) is 24.3 Å². The monoisotopic (exact) mass is 304 g/mol. The molecule has 0 radical (unpaired) electrons. The van der Waals surface area contributed by atoms with Crippen LogP contribution in [-0.2, 0) is 0 Å². The van der Waals surface area contributed by atoms with Crippen molar-refractivity contribution in [3.63, 3.8) is 0 Å². The molecule has 0 spiro atoms. The van der Waals surface area contributed by atoms with Gasteiger partial charge in [-0.15, -0.1) is 0 Å². The number of hydrogen-bond acceptors (Lipinski definition) is 4. The van der Waals surface area contributed by atoms with Gasteiger partial charge in [0.25, 0.3) is 5.78 Å². The van der Waals surface area contributed by atoms with E-state index in [0.29, 0.717) is 11.1 Å². The van der Waals surface area contributed by atoms with Crippen LogP contribution in [-0.4, -0.2) is 21.6 Å². The molecule has 0 aliphatic heterocycles. The minimum atomic E-state index is -0.318. The minimum Gasteiger partial charge on any atom is -0.452 e. The number of nitrogens with one attached hydrogen (secondary N) is 2. The van der Waals surface area contributed by atoms with E-state index in [0.717, 1.165) is 16.4 Å². The molecular formula is C17H12N4O2. The number of nitrogens with two attached hydrogens (primary N) is 1. The van der Waals surface area contributed by atoms with Crippen LogP contribution < -0.4 is 5.73 Å². The van der Waals surface area contributed by atoms with Gasteiger partial charge in [-0.3, -0.25) is 10.2 Å². The predicted octanol–water partition coefficient (Wildman–Crippen LogP) is 2.82. The van der Waals surface area contributed by atoms with E-state index in [1.165, 1.54) is 0 Å². The minimum absolute atomic E-state index is 0.0294. The number of nitrogen functional groups attached to an aromatic ring is 1. The second-order valence-corrected chi connectivity index (χ2v) is 5.21. The summed E-state index contributed by atoms with van der Waals surface area (Å²) in [6.07, 6.45) is 0.